The molecule has 0 aromatic rings. The van der Waals surface area contributed by atoms with Crippen molar-refractivity contribution in [1.82, 2.24) is 0 Å². The molecule has 0 aromatic carbocycles. The third kappa shape index (κ3) is 7.83. The molecular formula is C8H16O3P+. The van der Waals surface area contributed by atoms with E-state index >= 15 is 0 Å². The van der Waals surface area contributed by atoms with E-state index in [9.17, 15) is 9.36 Å². The lowest BCUT2D eigenvalue weighted by Gasteiger charge is -1.95. The lowest BCUT2D eigenvalue weighted by atomic mass is 10.1. The van der Waals surface area contributed by atoms with Crippen LogP contribution in [0.1, 0.15) is 39.0 Å². The predicted octanol–water partition coefficient (Wildman–Crippen LogP) is 2.48. The zero-order valence-corrected chi connectivity index (χ0v) is 8.47. The molecule has 0 spiro atoms. The number of carbonyl (C=O) groups excluding carboxylic acids is 1. The molecular weight excluding hydrogens is 175 g/mol. The second-order valence-electron chi connectivity index (χ2n) is 2.63. The van der Waals surface area contributed by atoms with Crippen molar-refractivity contribution < 1.29 is 13.9 Å². The van der Waals surface area contributed by atoms with E-state index < -0.39 is 8.69 Å². The minimum atomic E-state index is -0.652. The Hall–Kier alpha value is -0.270. The summed E-state index contributed by atoms with van der Waals surface area (Å²) in [5, 5.41) is 0. The van der Waals surface area contributed by atoms with E-state index in [4.69, 9.17) is 0 Å². The summed E-state index contributed by atoms with van der Waals surface area (Å²) in [7, 11) is -0.652. The summed E-state index contributed by atoms with van der Waals surface area (Å²) in [5.41, 5.74) is 0. The van der Waals surface area contributed by atoms with E-state index in [1.54, 1.807) is 0 Å². The maximum Gasteiger partial charge on any atom is 0.494 e. The highest BCUT2D eigenvalue weighted by Crippen LogP contribution is 2.04. The van der Waals surface area contributed by atoms with Gasteiger partial charge in [0.2, 0.25) is 0 Å². The van der Waals surface area contributed by atoms with Gasteiger partial charge in [-0.25, -0.2) is 0 Å². The monoisotopic (exact) mass is 191 g/mol. The average Bonchev–Trinajstić information content (AvgIpc) is 2.10. The van der Waals surface area contributed by atoms with Crippen molar-refractivity contribution in [2.24, 2.45) is 0 Å². The second kappa shape index (κ2) is 8.82. The van der Waals surface area contributed by atoms with Crippen LogP contribution in [0.4, 0.5) is 0 Å². The summed E-state index contributed by atoms with van der Waals surface area (Å²) in [6.07, 6.45) is 4.12. The molecule has 0 rings (SSSR count). The molecule has 0 fully saturated rings. The van der Waals surface area contributed by atoms with Crippen molar-refractivity contribution in [2.75, 3.05) is 6.61 Å². The summed E-state index contributed by atoms with van der Waals surface area (Å²) < 4.78 is 14.5. The molecule has 4 heteroatoms. The van der Waals surface area contributed by atoms with Gasteiger partial charge in [-0.15, -0.1) is 4.52 Å². The van der Waals surface area contributed by atoms with Gasteiger partial charge in [-0.05, 0) is 17.4 Å². The summed E-state index contributed by atoms with van der Waals surface area (Å²) in [5.74, 6) is 0.321. The van der Waals surface area contributed by atoms with Crippen LogP contribution >= 0.6 is 8.69 Å². The van der Waals surface area contributed by atoms with Gasteiger partial charge in [0.1, 0.15) is 12.4 Å². The third-order valence-corrected chi connectivity index (χ3v) is 1.98. The van der Waals surface area contributed by atoms with Gasteiger partial charge in [0, 0.05) is 12.8 Å². The van der Waals surface area contributed by atoms with Crippen LogP contribution in [0.25, 0.3) is 0 Å². The largest absolute Gasteiger partial charge is 0.494 e. The number of hydrogen-bond acceptors (Lipinski definition) is 3. The van der Waals surface area contributed by atoms with Gasteiger partial charge in [-0.2, -0.15) is 0 Å². The number of unbranched alkanes of at least 4 members (excludes halogenated alkanes) is 2. The van der Waals surface area contributed by atoms with Crippen LogP contribution < -0.4 is 0 Å². The molecule has 0 radical (unpaired) electrons. The van der Waals surface area contributed by atoms with Gasteiger partial charge in [0.05, 0.1) is 0 Å². The zero-order valence-electron chi connectivity index (χ0n) is 7.47. The lowest BCUT2D eigenvalue weighted by Crippen LogP contribution is -1.94. The van der Waals surface area contributed by atoms with Gasteiger partial charge in [-0.1, -0.05) is 13.3 Å². The van der Waals surface area contributed by atoms with E-state index in [-0.39, 0.29) is 0 Å². The smallest absolute Gasteiger partial charge is 0.300 e. The first-order valence-corrected chi connectivity index (χ1v) is 5.13. The summed E-state index contributed by atoms with van der Waals surface area (Å²) in [6.45, 7) is 2.42. The fraction of sp³-hybridized carbons (Fsp3) is 0.875. The molecule has 1 unspecified atom stereocenters. The molecule has 0 aromatic heterocycles. The molecule has 12 heavy (non-hydrogen) atoms. The van der Waals surface area contributed by atoms with E-state index in [1.807, 2.05) is 6.92 Å². The van der Waals surface area contributed by atoms with Crippen LogP contribution in [-0.4, -0.2) is 12.4 Å². The maximum absolute atomic E-state index is 10.8. The molecule has 0 aliphatic heterocycles. The molecule has 0 aliphatic rings. The molecule has 0 saturated carbocycles. The average molecular weight is 191 g/mol. The number of hydrogen-bond donors (Lipinski definition) is 0. The third-order valence-electron chi connectivity index (χ3n) is 1.66. The Bertz CT molecular complexity index is 136. The number of rotatable bonds is 8. The Balaban J connectivity index is 3.00. The normalized spacial score (nSPS) is 10.4. The van der Waals surface area contributed by atoms with Crippen LogP contribution in [0.2, 0.25) is 0 Å². The van der Waals surface area contributed by atoms with Crippen LogP contribution in [-0.2, 0) is 13.9 Å². The van der Waals surface area contributed by atoms with Crippen molar-refractivity contribution in [3.05, 3.63) is 0 Å². The number of Topliss-reactive ketones (excluding diaryl/α,β-unsaturated/α-hetero) is 1. The van der Waals surface area contributed by atoms with E-state index in [0.29, 0.717) is 25.2 Å². The van der Waals surface area contributed by atoms with Crippen LogP contribution in [0, 0.1) is 0 Å². The molecule has 0 bridgehead atoms. The zero-order chi connectivity index (χ0) is 9.23. The quantitative estimate of drug-likeness (QED) is 0.437. The number of carbonyl (C=O) groups is 1. The van der Waals surface area contributed by atoms with Crippen molar-refractivity contribution in [1.29, 1.82) is 0 Å². The van der Waals surface area contributed by atoms with Gasteiger partial charge < -0.3 is 0 Å². The highest BCUT2D eigenvalue weighted by molar-refractivity contribution is 7.17. The SMILES string of the molecule is CCC(=O)CCCCCO[PH+]=O. The van der Waals surface area contributed by atoms with E-state index in [2.05, 4.69) is 4.52 Å². The Kier molecular flexibility index (Phi) is 8.62. The summed E-state index contributed by atoms with van der Waals surface area (Å²) >= 11 is 0. The van der Waals surface area contributed by atoms with Crippen molar-refractivity contribution >= 4 is 14.5 Å². The molecule has 70 valence electrons. The highest BCUT2D eigenvalue weighted by atomic mass is 31.1. The van der Waals surface area contributed by atoms with Crippen LogP contribution in [0.3, 0.4) is 0 Å². The molecule has 3 nitrogen and oxygen atoms in total. The summed E-state index contributed by atoms with van der Waals surface area (Å²) in [4.78, 5) is 10.8. The standard InChI is InChI=1S/C8H16O3P/c1-2-8(9)6-4-3-5-7-11-12-10/h12H,2-7H2,1H3/q+1. The van der Waals surface area contributed by atoms with E-state index in [1.165, 1.54) is 0 Å². The van der Waals surface area contributed by atoms with Gasteiger partial charge in [0.15, 0.2) is 0 Å². The Morgan fingerprint density at radius 2 is 2.08 bits per heavy atom. The Labute approximate surface area is 74.8 Å². The molecule has 0 N–H and O–H groups in total. The molecule has 0 amide bonds. The van der Waals surface area contributed by atoms with Crippen molar-refractivity contribution in [3.8, 4) is 0 Å². The van der Waals surface area contributed by atoms with Crippen molar-refractivity contribution in [2.45, 2.75) is 39.0 Å². The molecule has 0 aliphatic carbocycles. The Morgan fingerprint density at radius 3 is 2.67 bits per heavy atom. The minimum absolute atomic E-state index is 0.321. The number of ketones is 1. The fourth-order valence-corrected chi connectivity index (χ4v) is 1.12. The lowest BCUT2D eigenvalue weighted by molar-refractivity contribution is -0.118. The van der Waals surface area contributed by atoms with Gasteiger partial charge in [0.25, 0.3) is 0 Å². The van der Waals surface area contributed by atoms with E-state index in [0.717, 1.165) is 19.3 Å². The summed E-state index contributed by atoms with van der Waals surface area (Å²) in [6, 6.07) is 0. The highest BCUT2D eigenvalue weighted by Gasteiger charge is 1.98. The van der Waals surface area contributed by atoms with Crippen LogP contribution in [0.15, 0.2) is 0 Å². The first-order valence-electron chi connectivity index (χ1n) is 4.32. The minimum Gasteiger partial charge on any atom is -0.300 e. The predicted molar refractivity (Wildman–Crippen MR) is 48.7 cm³/mol. The van der Waals surface area contributed by atoms with Crippen LogP contribution in [0.5, 0.6) is 0 Å². The fourth-order valence-electron chi connectivity index (χ4n) is 0.892. The van der Waals surface area contributed by atoms with Crippen molar-refractivity contribution in [3.63, 3.8) is 0 Å². The second-order valence-corrected chi connectivity index (χ2v) is 3.09. The molecule has 1 atom stereocenters. The first kappa shape index (κ1) is 11.7. The Morgan fingerprint density at radius 1 is 1.33 bits per heavy atom. The van der Waals surface area contributed by atoms with Gasteiger partial charge >= 0.3 is 8.69 Å². The maximum atomic E-state index is 10.8. The topological polar surface area (TPSA) is 43.4 Å². The molecule has 0 saturated heterocycles. The van der Waals surface area contributed by atoms with Gasteiger partial charge in [-0.3, -0.25) is 4.79 Å². The molecule has 0 heterocycles. The first-order chi connectivity index (χ1) is 5.81.